The Kier molecular flexibility index (Phi) is 9.13. The highest BCUT2D eigenvalue weighted by atomic mass is 19.1. The summed E-state index contributed by atoms with van der Waals surface area (Å²) in [5, 5.41) is 10.1. The van der Waals surface area contributed by atoms with E-state index < -0.39 is 23.1 Å². The number of nitrogens with zero attached hydrogens (tertiary/aromatic N) is 2. The van der Waals surface area contributed by atoms with Crippen LogP contribution in [0.1, 0.15) is 23.0 Å². The number of carbonyl (C=O) groups is 1. The first-order valence-electron chi connectivity index (χ1n) is 13.6. The van der Waals surface area contributed by atoms with E-state index >= 15 is 4.39 Å². The summed E-state index contributed by atoms with van der Waals surface area (Å²) in [7, 11) is 1.51. The number of rotatable bonds is 11. The molecule has 0 saturated carbocycles. The second kappa shape index (κ2) is 13.5. The number of aromatic amines is 1. The molecule has 5 rings (SSSR count). The molecule has 45 heavy (non-hydrogen) atoms. The first-order valence-corrected chi connectivity index (χ1v) is 13.6. The minimum atomic E-state index is -0.832. The third-order valence-corrected chi connectivity index (χ3v) is 6.58. The molecule has 0 atom stereocenters. The van der Waals surface area contributed by atoms with Gasteiger partial charge in [0.25, 0.3) is 11.5 Å². The van der Waals surface area contributed by atoms with Gasteiger partial charge in [-0.1, -0.05) is 0 Å². The Hall–Kier alpha value is -6.04. The van der Waals surface area contributed by atoms with E-state index in [4.69, 9.17) is 19.6 Å². The van der Waals surface area contributed by atoms with Gasteiger partial charge in [-0.25, -0.2) is 13.8 Å². The van der Waals surface area contributed by atoms with Crippen LogP contribution in [0.2, 0.25) is 0 Å². The van der Waals surface area contributed by atoms with Gasteiger partial charge in [0, 0.05) is 65.5 Å². The fraction of sp³-hybridized carbons (Fsp3) is 0.0909. The van der Waals surface area contributed by atoms with Crippen LogP contribution in [-0.4, -0.2) is 40.4 Å². The van der Waals surface area contributed by atoms with E-state index in [2.05, 4.69) is 15.3 Å². The molecule has 3 N–H and O–H groups in total. The average Bonchev–Trinajstić information content (AvgIpc) is 3.53. The average molecular weight is 612 g/mol. The molecular formula is C33H27F2N5O5. The molecule has 1 amide bonds. The van der Waals surface area contributed by atoms with Crippen LogP contribution in [0.15, 0.2) is 96.2 Å². The summed E-state index contributed by atoms with van der Waals surface area (Å²) < 4.78 is 46.5. The number of carbonyl (C=O) groups excluding carboxylic acids is 1. The van der Waals surface area contributed by atoms with Gasteiger partial charge >= 0.3 is 0 Å². The number of allylic oxidation sites excluding steroid dienone is 1. The van der Waals surface area contributed by atoms with Crippen molar-refractivity contribution in [2.75, 3.05) is 19.0 Å². The Labute approximate surface area is 256 Å². The maximum Gasteiger partial charge on any atom is 0.271 e. The quantitative estimate of drug-likeness (QED) is 0.120. The molecule has 0 radical (unpaired) electrons. The second-order valence-electron chi connectivity index (χ2n) is 9.39. The van der Waals surface area contributed by atoms with Crippen molar-refractivity contribution >= 4 is 23.6 Å². The largest absolute Gasteiger partial charge is 0.493 e. The summed E-state index contributed by atoms with van der Waals surface area (Å²) in [4.78, 5) is 34.0. The topological polar surface area (TPSA) is 131 Å². The molecule has 0 unspecified atom stereocenters. The van der Waals surface area contributed by atoms with Crippen LogP contribution in [-0.2, 0) is 0 Å². The summed E-state index contributed by atoms with van der Waals surface area (Å²) in [6, 6.07) is 15.7. The maximum absolute atomic E-state index is 15.3. The highest BCUT2D eigenvalue weighted by Crippen LogP contribution is 2.32. The van der Waals surface area contributed by atoms with Crippen molar-refractivity contribution in [2.24, 2.45) is 0 Å². The van der Waals surface area contributed by atoms with Crippen molar-refractivity contribution in [3.63, 3.8) is 0 Å². The van der Waals surface area contributed by atoms with Crippen molar-refractivity contribution in [3.8, 4) is 34.2 Å². The van der Waals surface area contributed by atoms with Gasteiger partial charge in [0.15, 0.2) is 17.3 Å². The van der Waals surface area contributed by atoms with Gasteiger partial charge in [-0.05, 0) is 61.5 Å². The van der Waals surface area contributed by atoms with Gasteiger partial charge in [0.2, 0.25) is 5.88 Å². The van der Waals surface area contributed by atoms with Crippen LogP contribution in [0.25, 0.3) is 22.6 Å². The van der Waals surface area contributed by atoms with E-state index in [0.717, 1.165) is 17.8 Å². The minimum Gasteiger partial charge on any atom is -0.493 e. The van der Waals surface area contributed by atoms with Crippen LogP contribution in [0, 0.1) is 17.0 Å². The van der Waals surface area contributed by atoms with Crippen molar-refractivity contribution in [1.29, 1.82) is 5.41 Å². The first-order chi connectivity index (χ1) is 21.8. The molecule has 3 aromatic heterocycles. The summed E-state index contributed by atoms with van der Waals surface area (Å²) in [5.41, 5.74) is 1.28. The fourth-order valence-electron chi connectivity index (χ4n) is 4.50. The van der Waals surface area contributed by atoms with Gasteiger partial charge < -0.3 is 29.9 Å². The number of aromatic nitrogens is 3. The Morgan fingerprint density at radius 1 is 1.07 bits per heavy atom. The number of ether oxygens (including phenoxy) is 3. The summed E-state index contributed by atoms with van der Waals surface area (Å²) >= 11 is 0. The normalized spacial score (nSPS) is 11.2. The predicted octanol–water partition coefficient (Wildman–Crippen LogP) is 6.23. The number of pyridine rings is 2. The molecule has 10 nitrogen and oxygen atoms in total. The van der Waals surface area contributed by atoms with E-state index in [-0.39, 0.29) is 35.1 Å². The van der Waals surface area contributed by atoms with Crippen LogP contribution < -0.4 is 25.1 Å². The standard InChI is InChI=1S/C33H27F2N5O5/c1-3-44-27-14-17-40(23-8-5-21(34)6-9-23)33(42)30(27)32(41)39-22-7-10-26(25(35)18-22)45-28(12-15-36)31-24(13-16-37-31)20-4-11-29(43-2)38-19-20/h4-19,36-37H,3H2,1-2H3,(H,39,41)/b28-12+,36-15?. The lowest BCUT2D eigenvalue weighted by Gasteiger charge is -2.15. The molecule has 0 saturated heterocycles. The van der Waals surface area contributed by atoms with E-state index in [1.807, 2.05) is 0 Å². The van der Waals surface area contributed by atoms with Gasteiger partial charge in [-0.3, -0.25) is 14.2 Å². The van der Waals surface area contributed by atoms with Crippen LogP contribution in [0.3, 0.4) is 0 Å². The monoisotopic (exact) mass is 611 g/mol. The summed E-state index contributed by atoms with van der Waals surface area (Å²) in [5.74, 6) is -1.67. The first kappa shape index (κ1) is 30.4. The lowest BCUT2D eigenvalue weighted by Crippen LogP contribution is -2.29. The lowest BCUT2D eigenvalue weighted by molar-refractivity contribution is 0.102. The molecule has 5 aromatic rings. The molecule has 0 spiro atoms. The molecule has 0 aliphatic rings. The number of methoxy groups -OCH3 is 1. The van der Waals surface area contributed by atoms with Gasteiger partial charge in [-0.2, -0.15) is 0 Å². The Morgan fingerprint density at radius 3 is 2.53 bits per heavy atom. The molecule has 228 valence electrons. The second-order valence-corrected chi connectivity index (χ2v) is 9.39. The van der Waals surface area contributed by atoms with E-state index in [1.165, 1.54) is 66.4 Å². The molecule has 0 aliphatic carbocycles. The lowest BCUT2D eigenvalue weighted by atomic mass is 10.1. The van der Waals surface area contributed by atoms with Crippen molar-refractivity contribution in [2.45, 2.75) is 6.92 Å². The van der Waals surface area contributed by atoms with Crippen LogP contribution in [0.4, 0.5) is 14.5 Å². The Bertz CT molecular complexity index is 1930. The number of amides is 1. The number of anilines is 1. The zero-order chi connectivity index (χ0) is 31.9. The van der Waals surface area contributed by atoms with Crippen molar-refractivity contribution < 1.29 is 27.8 Å². The molecule has 2 aromatic carbocycles. The van der Waals surface area contributed by atoms with Gasteiger partial charge in [0.05, 0.1) is 19.4 Å². The minimum absolute atomic E-state index is 0.0361. The number of hydrogen-bond acceptors (Lipinski definition) is 7. The molecule has 0 fully saturated rings. The predicted molar refractivity (Wildman–Crippen MR) is 165 cm³/mol. The van der Waals surface area contributed by atoms with Crippen molar-refractivity contribution in [3.05, 3.63) is 125 Å². The number of halogens is 2. The molecular weight excluding hydrogens is 584 g/mol. The van der Waals surface area contributed by atoms with Gasteiger partial charge in [0.1, 0.15) is 17.1 Å². The third kappa shape index (κ3) is 6.64. The van der Waals surface area contributed by atoms with E-state index in [1.54, 1.807) is 37.5 Å². The van der Waals surface area contributed by atoms with E-state index in [9.17, 15) is 14.0 Å². The SMILES string of the molecule is CCOc1ccn(-c2ccc(F)cc2)c(=O)c1C(=O)Nc1ccc(O/C(=C/C=N)c2[nH]ccc2-c2ccc(OC)nc2)c(F)c1. The number of nitrogens with one attached hydrogen (secondary N) is 3. The highest BCUT2D eigenvalue weighted by Gasteiger charge is 2.21. The highest BCUT2D eigenvalue weighted by molar-refractivity contribution is 6.06. The fourth-order valence-corrected chi connectivity index (χ4v) is 4.50. The zero-order valence-electron chi connectivity index (χ0n) is 24.1. The smallest absolute Gasteiger partial charge is 0.271 e. The van der Waals surface area contributed by atoms with Gasteiger partial charge in [-0.15, -0.1) is 0 Å². The summed E-state index contributed by atoms with van der Waals surface area (Å²) in [6.45, 7) is 1.89. The molecule has 0 aliphatic heterocycles. The van der Waals surface area contributed by atoms with Crippen LogP contribution in [0.5, 0.6) is 17.4 Å². The Morgan fingerprint density at radius 2 is 1.87 bits per heavy atom. The number of hydrogen-bond donors (Lipinski definition) is 3. The van der Waals surface area contributed by atoms with E-state index in [0.29, 0.717) is 22.8 Å². The van der Waals surface area contributed by atoms with Crippen molar-refractivity contribution in [1.82, 2.24) is 14.5 Å². The number of benzene rings is 2. The summed E-state index contributed by atoms with van der Waals surface area (Å²) in [6.07, 6.45) is 7.08. The molecule has 12 heteroatoms. The molecule has 0 bridgehead atoms. The Balaban J connectivity index is 1.40. The third-order valence-electron chi connectivity index (χ3n) is 6.58. The molecule has 3 heterocycles. The van der Waals surface area contributed by atoms with Crippen LogP contribution >= 0.6 is 0 Å². The maximum atomic E-state index is 15.3. The zero-order valence-corrected chi connectivity index (χ0v) is 24.1. The number of H-pyrrole nitrogens is 1.